The molecule has 0 bridgehead atoms. The van der Waals surface area contributed by atoms with Gasteiger partial charge < -0.3 is 14.9 Å². The minimum atomic E-state index is -4.97. The van der Waals surface area contributed by atoms with Crippen molar-refractivity contribution in [2.75, 3.05) is 7.11 Å². The third-order valence-electron chi connectivity index (χ3n) is 10.9. The van der Waals surface area contributed by atoms with Gasteiger partial charge in [-0.05, 0) is 114 Å². The second-order valence-electron chi connectivity index (χ2n) is 15.5. The average molecular weight is 1200 g/mol. The number of phenolic OH excluding ortho intramolecular Hbond substituents is 2. The molecule has 7 N–H and O–H groups in total. The Balaban J connectivity index is 0.00000784. The maximum Gasteiger partial charge on any atom is 0.295 e. The molecule has 0 unspecified atom stereocenters. The molecule has 77 heavy (non-hydrogen) atoms. The van der Waals surface area contributed by atoms with Crippen LogP contribution in [0, 0.1) is 6.92 Å². The molecule has 9 rings (SSSR count). The normalized spacial score (nSPS) is 12.4. The topological polar surface area (TPSA) is 379 Å². The molecule has 8 aromatic carbocycles. The Morgan fingerprint density at radius 3 is 1.92 bits per heavy atom. The van der Waals surface area contributed by atoms with Crippen LogP contribution in [0.5, 0.6) is 17.2 Å². The van der Waals surface area contributed by atoms with E-state index < -0.39 is 41.5 Å². The molecule has 33 heteroatoms. The van der Waals surface area contributed by atoms with E-state index in [1.807, 2.05) is 0 Å². The fourth-order valence-electron chi connectivity index (χ4n) is 7.50. The van der Waals surface area contributed by atoms with Crippen molar-refractivity contribution >= 4 is 134 Å². The van der Waals surface area contributed by atoms with Crippen LogP contribution in [0.3, 0.4) is 0 Å². The smallest absolute Gasteiger partial charge is 0.295 e. The quantitative estimate of drug-likeness (QED) is 0.00987. The van der Waals surface area contributed by atoms with E-state index in [2.05, 4.69) is 69.0 Å². The summed E-state index contributed by atoms with van der Waals surface area (Å²) in [4.78, 5) is 0.638. The summed E-state index contributed by atoms with van der Waals surface area (Å²) in [6.45, 7) is 1.80. The molecule has 0 atom stereocenters. The molecule has 0 saturated heterocycles. The maximum atomic E-state index is 12.2. The third-order valence-corrected chi connectivity index (χ3v) is 14.4. The second kappa shape index (κ2) is 23.8. The molecule has 0 aliphatic rings. The standard InChI is InChI=1S/C44H31N9O18S5.Cu/c1-21-11-24(4-9-33(21)47-46-25-3-6-29-22(12-25)14-27(72-69-66-56)16-39(29)73-70-67-57)45-49-36-19-37(54)35(20-38(36)65-2)48-50-43-40(74-71-68-58)15-23-13-26(5-7-30(23)44(43)55)53-51-34-10-8-31-32(42(34)52-53)17-28(75(59,60)61)18-41(31)76(62,63)64;/h3-20,54-58H,1-2H3,(H,59,60,61)(H,62,63,64);. The molecule has 27 nitrogen and oxygen atoms in total. The Morgan fingerprint density at radius 1 is 0.571 bits per heavy atom. The van der Waals surface area contributed by atoms with E-state index >= 15 is 0 Å². The van der Waals surface area contributed by atoms with Gasteiger partial charge in [0.25, 0.3) is 20.2 Å². The molecule has 0 aliphatic heterocycles. The zero-order chi connectivity index (χ0) is 53.9. The van der Waals surface area contributed by atoms with Crippen molar-refractivity contribution in [3.8, 4) is 22.9 Å². The zero-order valence-corrected chi connectivity index (χ0v) is 43.4. The number of aromatic hydroxyl groups is 2. The van der Waals surface area contributed by atoms with E-state index in [4.69, 9.17) is 20.5 Å². The van der Waals surface area contributed by atoms with E-state index in [1.54, 1.807) is 55.5 Å². The monoisotopic (exact) mass is 1200 g/mol. The van der Waals surface area contributed by atoms with Crippen LogP contribution in [0.2, 0.25) is 0 Å². The summed E-state index contributed by atoms with van der Waals surface area (Å²) in [5.74, 6) is -0.717. The summed E-state index contributed by atoms with van der Waals surface area (Å²) in [5, 5.41) is 96.4. The number of benzene rings is 8. The molecular formula is C44H31CuN9O18S5. The third kappa shape index (κ3) is 12.5. The van der Waals surface area contributed by atoms with E-state index in [0.717, 1.165) is 40.3 Å². The number of azo groups is 3. The molecule has 0 fully saturated rings. The summed E-state index contributed by atoms with van der Waals surface area (Å²) in [7, 11) is -8.55. The first-order chi connectivity index (χ1) is 36.5. The first kappa shape index (κ1) is 56.4. The second-order valence-corrected chi connectivity index (χ2v) is 20.5. The molecule has 1 heterocycles. The summed E-state index contributed by atoms with van der Waals surface area (Å²) in [5.41, 5.74) is 2.37. The zero-order valence-electron chi connectivity index (χ0n) is 38.4. The summed E-state index contributed by atoms with van der Waals surface area (Å²) < 4.78 is 87.6. The fraction of sp³-hybridized carbons (Fsp3) is 0.0455. The predicted octanol–water partition coefficient (Wildman–Crippen LogP) is 12.6. The number of phenols is 2. The Bertz CT molecular complexity index is 4100. The summed E-state index contributed by atoms with van der Waals surface area (Å²) >= 11 is 1.90. The van der Waals surface area contributed by atoms with E-state index in [1.165, 1.54) is 55.6 Å². The van der Waals surface area contributed by atoms with Gasteiger partial charge in [0.05, 0.1) is 75.8 Å². The van der Waals surface area contributed by atoms with Gasteiger partial charge in [0.15, 0.2) is 5.75 Å². The summed E-state index contributed by atoms with van der Waals surface area (Å²) in [6, 6.07) is 26.5. The largest absolute Gasteiger partial charge is 0.506 e. The number of rotatable bonds is 19. The van der Waals surface area contributed by atoms with Crippen molar-refractivity contribution in [3.63, 3.8) is 0 Å². The van der Waals surface area contributed by atoms with Gasteiger partial charge in [0.2, 0.25) is 0 Å². The van der Waals surface area contributed by atoms with E-state index in [9.17, 15) is 36.2 Å². The molecule has 0 saturated carbocycles. The van der Waals surface area contributed by atoms with Gasteiger partial charge >= 0.3 is 0 Å². The van der Waals surface area contributed by atoms with Gasteiger partial charge in [0.1, 0.15) is 44.5 Å². The van der Waals surface area contributed by atoms with E-state index in [-0.39, 0.29) is 77.7 Å². The molecule has 1 radical (unpaired) electrons. The Hall–Kier alpha value is -6.83. The van der Waals surface area contributed by atoms with E-state index in [0.29, 0.717) is 61.3 Å². The first-order valence-corrected chi connectivity index (χ1v) is 25.9. The van der Waals surface area contributed by atoms with Crippen LogP contribution in [-0.2, 0) is 65.4 Å². The Kier molecular flexibility index (Phi) is 17.4. The van der Waals surface area contributed by atoms with Crippen molar-refractivity contribution in [3.05, 3.63) is 115 Å². The van der Waals surface area contributed by atoms with Gasteiger partial charge in [-0.2, -0.15) is 37.0 Å². The maximum absolute atomic E-state index is 12.2. The van der Waals surface area contributed by atoms with Crippen LogP contribution in [0.15, 0.2) is 164 Å². The van der Waals surface area contributed by atoms with Crippen LogP contribution in [0.1, 0.15) is 5.56 Å². The van der Waals surface area contributed by atoms with Crippen LogP contribution < -0.4 is 4.74 Å². The SMILES string of the molecule is COc1cc(N=Nc2c(SOOO)cc3cc(-n4nc5ccc6c(S(=O)(=O)O)cc(S(=O)(=O)O)cc6c5n4)ccc3c2O)c(O)cc1N=Nc1ccc(N=Nc2ccc3c(SOOO)cc(SOOO)cc3c2)c(C)c1.[Cu]. The van der Waals surface area contributed by atoms with Gasteiger partial charge in [-0.3, -0.25) is 9.11 Å². The van der Waals surface area contributed by atoms with Gasteiger partial charge in [-0.15, -0.1) is 38.5 Å². The number of hydrogen-bond acceptors (Lipinski definition) is 27. The Morgan fingerprint density at radius 2 is 1.22 bits per heavy atom. The van der Waals surface area contributed by atoms with Crippen molar-refractivity contribution in [2.45, 2.75) is 31.4 Å². The molecule has 9 aromatic rings. The average Bonchev–Trinajstić information content (AvgIpc) is 3.85. The van der Waals surface area contributed by atoms with Crippen LogP contribution in [-0.4, -0.2) is 74.0 Å². The number of hydrogen-bond donors (Lipinski definition) is 7. The van der Waals surface area contributed by atoms with Crippen molar-refractivity contribution in [2.24, 2.45) is 30.7 Å². The molecule has 0 amide bonds. The minimum absolute atomic E-state index is 0. The predicted molar refractivity (Wildman–Crippen MR) is 269 cm³/mol. The number of ether oxygens (including phenoxy) is 1. The summed E-state index contributed by atoms with van der Waals surface area (Å²) in [6.07, 6.45) is 0. The molecule has 0 aliphatic carbocycles. The van der Waals surface area contributed by atoms with Crippen LogP contribution in [0.25, 0.3) is 49.0 Å². The van der Waals surface area contributed by atoms with Gasteiger partial charge in [0, 0.05) is 55.2 Å². The molecule has 1 aromatic heterocycles. The first-order valence-electron chi connectivity index (χ1n) is 20.8. The van der Waals surface area contributed by atoms with Crippen molar-refractivity contribution < 1.29 is 102 Å². The minimum Gasteiger partial charge on any atom is -0.506 e. The fourth-order valence-corrected chi connectivity index (χ4v) is 10.4. The number of fused-ring (bicyclic) bond motifs is 5. The Labute approximate surface area is 454 Å². The molecule has 0 spiro atoms. The molecule has 401 valence electrons. The van der Waals surface area contributed by atoms with Crippen LogP contribution >= 0.6 is 36.1 Å². The van der Waals surface area contributed by atoms with Gasteiger partial charge in [-0.25, -0.2) is 15.8 Å². The number of aryl methyl sites for hydroxylation is 1. The molecular weight excluding hydrogens is 1170 g/mol. The van der Waals surface area contributed by atoms with Crippen molar-refractivity contribution in [1.82, 2.24) is 15.0 Å². The number of nitrogens with zero attached hydrogens (tertiary/aromatic N) is 9. The van der Waals surface area contributed by atoms with Crippen molar-refractivity contribution in [1.29, 1.82) is 0 Å². The number of methoxy groups -OCH3 is 1. The van der Waals surface area contributed by atoms with Gasteiger partial charge in [-0.1, -0.05) is 27.2 Å². The number of aromatic nitrogens is 3. The van der Waals surface area contributed by atoms with Crippen LogP contribution in [0.4, 0.5) is 34.1 Å².